The minimum Gasteiger partial charge on any atom is -0.497 e. The molecule has 0 radical (unpaired) electrons. The van der Waals surface area contributed by atoms with Crippen LogP contribution in [0.3, 0.4) is 0 Å². The molecule has 148 valence electrons. The number of amides is 2. The highest BCUT2D eigenvalue weighted by Crippen LogP contribution is 2.43. The van der Waals surface area contributed by atoms with E-state index in [0.717, 1.165) is 19.1 Å². The molecule has 2 aromatic carbocycles. The lowest BCUT2D eigenvalue weighted by Gasteiger charge is -2.31. The summed E-state index contributed by atoms with van der Waals surface area (Å²) in [4.78, 5) is 36.2. The number of carboxylic acid groups (broad SMARTS) is 2. The predicted octanol–water partition coefficient (Wildman–Crippen LogP) is 4.50. The van der Waals surface area contributed by atoms with Crippen LogP contribution in [0.1, 0.15) is 0 Å². The van der Waals surface area contributed by atoms with Crippen molar-refractivity contribution in [1.82, 2.24) is 3.89 Å². The van der Waals surface area contributed by atoms with E-state index in [0.29, 0.717) is 17.0 Å². The number of quaternary nitrogens is 1. The van der Waals surface area contributed by atoms with Crippen molar-refractivity contribution in [3.8, 4) is 0 Å². The Morgan fingerprint density at radius 2 is 1.82 bits per heavy atom. The summed E-state index contributed by atoms with van der Waals surface area (Å²) in [6.45, 7) is 0. The summed E-state index contributed by atoms with van der Waals surface area (Å²) in [5, 5.41) is 20.7. The number of hydrogen-bond acceptors (Lipinski definition) is 6. The molecule has 28 heavy (non-hydrogen) atoms. The molecule has 8 nitrogen and oxygen atoms in total. The van der Waals surface area contributed by atoms with Crippen LogP contribution in [-0.2, 0) is 4.74 Å². The second-order valence-electron chi connectivity index (χ2n) is 5.44. The Morgan fingerprint density at radius 1 is 1.18 bits per heavy atom. The molecule has 2 aromatic rings. The fraction of sp³-hybridized carbons (Fsp3) is 0.118. The van der Waals surface area contributed by atoms with Gasteiger partial charge in [0.25, 0.3) is 6.09 Å². The van der Waals surface area contributed by atoms with Crippen molar-refractivity contribution in [3.05, 3.63) is 52.5 Å². The third-order valence-electron chi connectivity index (χ3n) is 3.69. The van der Waals surface area contributed by atoms with E-state index >= 15 is 0 Å². The van der Waals surface area contributed by atoms with Crippen LogP contribution in [0.2, 0.25) is 10.0 Å². The number of rotatable bonds is 3. The van der Waals surface area contributed by atoms with Crippen LogP contribution >= 0.6 is 35.1 Å². The molecule has 0 heterocycles. The minimum atomic E-state index is -1.65. The molecule has 1 atom stereocenters. The van der Waals surface area contributed by atoms with Gasteiger partial charge in [0.2, 0.25) is 11.9 Å². The number of carbonyl (C=O) groups excluding carboxylic acids is 2. The van der Waals surface area contributed by atoms with Crippen LogP contribution in [0.25, 0.3) is 0 Å². The number of benzene rings is 2. The van der Waals surface area contributed by atoms with E-state index in [4.69, 9.17) is 23.2 Å². The van der Waals surface area contributed by atoms with E-state index in [1.165, 1.54) is 30.3 Å². The van der Waals surface area contributed by atoms with E-state index in [2.05, 4.69) is 4.74 Å². The SMILES string of the molecule is COC(=O)S[N+](C)(C(=O)[O-])c1cccc(N(C(=O)O)c2cccc(Cl)c2)c1Cl. The van der Waals surface area contributed by atoms with Gasteiger partial charge in [0.1, 0.15) is 5.02 Å². The number of nitrogens with zero attached hydrogens (tertiary/aromatic N) is 2. The van der Waals surface area contributed by atoms with Gasteiger partial charge in [0, 0.05) is 11.1 Å². The van der Waals surface area contributed by atoms with Crippen molar-refractivity contribution in [1.29, 1.82) is 0 Å². The molecule has 0 aliphatic rings. The highest BCUT2D eigenvalue weighted by Gasteiger charge is 2.38. The molecular formula is C17H14Cl2N2O6S. The zero-order chi connectivity index (χ0) is 21.1. The molecule has 1 N–H and O–H groups in total. The number of hydrogen-bond donors (Lipinski definition) is 1. The Labute approximate surface area is 174 Å². The van der Waals surface area contributed by atoms with Gasteiger partial charge in [-0.2, -0.15) is 3.89 Å². The van der Waals surface area contributed by atoms with Crippen molar-refractivity contribution in [2.75, 3.05) is 19.1 Å². The van der Waals surface area contributed by atoms with Crippen molar-refractivity contribution >= 4 is 69.7 Å². The number of anilines is 2. The molecule has 0 bridgehead atoms. The summed E-state index contributed by atoms with van der Waals surface area (Å²) in [6, 6.07) is 10.2. The van der Waals surface area contributed by atoms with Crippen molar-refractivity contribution in [2.45, 2.75) is 0 Å². The average molecular weight is 445 g/mol. The summed E-state index contributed by atoms with van der Waals surface area (Å²) >= 11 is 12.6. The van der Waals surface area contributed by atoms with Crippen molar-refractivity contribution < 1.29 is 29.3 Å². The van der Waals surface area contributed by atoms with E-state index in [1.54, 1.807) is 12.1 Å². The Hall–Kier alpha value is -2.46. The van der Waals surface area contributed by atoms with Gasteiger partial charge in [-0.15, -0.1) is 0 Å². The standard InChI is InChI=1S/C17H14Cl2N2O6S/c1-21(16(24)25,28-17(26)27-2)13-8-4-7-12(14(13)19)20(15(22)23)11-6-3-5-10(18)9-11/h3-9H,1-2H3,(H-,22,23,24,25). The summed E-state index contributed by atoms with van der Waals surface area (Å²) in [6.07, 6.45) is -3.02. The van der Waals surface area contributed by atoms with Crippen LogP contribution in [0.15, 0.2) is 42.5 Å². The lowest BCUT2D eigenvalue weighted by molar-refractivity contribution is -0.256. The van der Waals surface area contributed by atoms with Crippen LogP contribution in [0.5, 0.6) is 0 Å². The largest absolute Gasteiger partial charge is 0.497 e. The third-order valence-corrected chi connectivity index (χ3v) is 5.34. The Kier molecular flexibility index (Phi) is 6.78. The highest BCUT2D eigenvalue weighted by atomic mass is 35.5. The summed E-state index contributed by atoms with van der Waals surface area (Å²) in [5.74, 6) is 0. The fourth-order valence-electron chi connectivity index (χ4n) is 2.35. The van der Waals surface area contributed by atoms with E-state index in [-0.39, 0.29) is 22.1 Å². The molecule has 0 saturated carbocycles. The molecule has 0 aliphatic carbocycles. The van der Waals surface area contributed by atoms with Crippen molar-refractivity contribution in [2.24, 2.45) is 0 Å². The predicted molar refractivity (Wildman–Crippen MR) is 106 cm³/mol. The van der Waals surface area contributed by atoms with Crippen molar-refractivity contribution in [3.63, 3.8) is 0 Å². The third kappa shape index (κ3) is 4.33. The Morgan fingerprint density at radius 3 is 2.36 bits per heavy atom. The van der Waals surface area contributed by atoms with Crippen LogP contribution in [-0.4, -0.2) is 36.8 Å². The Balaban J connectivity index is 2.66. The van der Waals surface area contributed by atoms with E-state index in [1.807, 2.05) is 0 Å². The number of halogens is 2. The first-order valence-electron chi connectivity index (χ1n) is 7.55. The zero-order valence-corrected chi connectivity index (χ0v) is 16.9. The Bertz CT molecular complexity index is 942. The normalized spacial score (nSPS) is 12.7. The molecule has 11 heteroatoms. The van der Waals surface area contributed by atoms with Crippen LogP contribution < -0.4 is 13.9 Å². The molecule has 0 spiro atoms. The van der Waals surface area contributed by atoms with Crippen LogP contribution in [0.4, 0.5) is 31.4 Å². The molecule has 0 aliphatic heterocycles. The first-order chi connectivity index (χ1) is 13.1. The molecule has 2 rings (SSSR count). The quantitative estimate of drug-likeness (QED) is 0.421. The first kappa shape index (κ1) is 21.8. The van der Waals surface area contributed by atoms with Gasteiger partial charge in [-0.05, 0) is 24.3 Å². The summed E-state index contributed by atoms with van der Waals surface area (Å²) < 4.78 is 3.39. The van der Waals surface area contributed by atoms with Gasteiger partial charge < -0.3 is 19.7 Å². The molecule has 0 saturated heterocycles. The van der Waals surface area contributed by atoms with Gasteiger partial charge in [-0.3, -0.25) is 0 Å². The smallest absolute Gasteiger partial charge is 0.425 e. The maximum absolute atomic E-state index is 11.9. The second kappa shape index (κ2) is 8.70. The highest BCUT2D eigenvalue weighted by molar-refractivity contribution is 8.13. The molecule has 0 aromatic heterocycles. The topological polar surface area (TPSA) is 107 Å². The summed E-state index contributed by atoms with van der Waals surface area (Å²) in [7, 11) is 2.25. The number of ether oxygens (including phenoxy) is 1. The maximum Gasteiger partial charge on any atom is 0.425 e. The molecule has 1 unspecified atom stereocenters. The molecule has 2 amide bonds. The molecule has 0 fully saturated rings. The minimum absolute atomic E-state index is 0.0231. The molecular weight excluding hydrogens is 431 g/mol. The van der Waals surface area contributed by atoms with Gasteiger partial charge in [-0.1, -0.05) is 35.3 Å². The van der Waals surface area contributed by atoms with Gasteiger partial charge >= 0.3 is 11.4 Å². The lowest BCUT2D eigenvalue weighted by atomic mass is 10.2. The van der Waals surface area contributed by atoms with E-state index in [9.17, 15) is 24.6 Å². The first-order valence-corrected chi connectivity index (χ1v) is 9.08. The zero-order valence-electron chi connectivity index (χ0n) is 14.6. The number of methoxy groups -OCH3 is 1. The number of carbonyl (C=O) groups is 3. The monoisotopic (exact) mass is 444 g/mol. The van der Waals surface area contributed by atoms with Gasteiger partial charge in [0.15, 0.2) is 5.69 Å². The second-order valence-corrected chi connectivity index (χ2v) is 7.50. The van der Waals surface area contributed by atoms with Crippen LogP contribution in [0, 0.1) is 0 Å². The average Bonchev–Trinajstić information content (AvgIpc) is 2.62. The van der Waals surface area contributed by atoms with Gasteiger partial charge in [-0.25, -0.2) is 14.5 Å². The lowest BCUT2D eigenvalue weighted by Crippen LogP contribution is -2.52. The fourth-order valence-corrected chi connectivity index (χ4v) is 3.66. The van der Waals surface area contributed by atoms with Gasteiger partial charge in [0.05, 0.1) is 25.5 Å². The maximum atomic E-state index is 11.9. The summed E-state index contributed by atoms with van der Waals surface area (Å²) in [5.41, 5.74) is 0.0927. The van der Waals surface area contributed by atoms with E-state index < -0.39 is 21.4 Å².